The van der Waals surface area contributed by atoms with E-state index in [1.807, 2.05) is 39.0 Å². The lowest BCUT2D eigenvalue weighted by Crippen LogP contribution is -2.51. The fraction of sp³-hybridized carbons (Fsp3) is 0.538. The van der Waals surface area contributed by atoms with Crippen LogP contribution < -0.4 is 16.0 Å². The largest absolute Gasteiger partial charge is 0.356 e. The number of aromatic amines is 1. The first-order chi connectivity index (χ1) is 16.0. The highest BCUT2D eigenvalue weighted by atomic mass is 16.2. The highest BCUT2D eigenvalue weighted by Gasteiger charge is 2.32. The number of nitrogens with zero attached hydrogens (tertiary/aromatic N) is 1. The minimum atomic E-state index is -0.822. The van der Waals surface area contributed by atoms with Crippen LogP contribution in [-0.2, 0) is 9.59 Å². The summed E-state index contributed by atoms with van der Waals surface area (Å²) in [6.45, 7) is 10.7. The molecule has 0 bridgehead atoms. The summed E-state index contributed by atoms with van der Waals surface area (Å²) < 4.78 is 0. The molecule has 34 heavy (non-hydrogen) atoms. The molecule has 8 nitrogen and oxygen atoms in total. The number of para-hydroxylation sites is 1. The highest BCUT2D eigenvalue weighted by Crippen LogP contribution is 2.26. The number of hydrogen-bond acceptors (Lipinski definition) is 4. The van der Waals surface area contributed by atoms with Crippen LogP contribution in [0.5, 0.6) is 0 Å². The Morgan fingerprint density at radius 2 is 1.97 bits per heavy atom. The van der Waals surface area contributed by atoms with Crippen LogP contribution in [-0.4, -0.2) is 41.3 Å². The fourth-order valence-electron chi connectivity index (χ4n) is 4.41. The average Bonchev–Trinajstić information content (AvgIpc) is 3.37. The van der Waals surface area contributed by atoms with Gasteiger partial charge in [-0.05, 0) is 42.2 Å². The second-order valence-electron chi connectivity index (χ2n) is 10.6. The summed E-state index contributed by atoms with van der Waals surface area (Å²) >= 11 is 0. The molecule has 3 atom stereocenters. The van der Waals surface area contributed by atoms with E-state index in [4.69, 9.17) is 0 Å². The van der Waals surface area contributed by atoms with Gasteiger partial charge in [0, 0.05) is 23.4 Å². The van der Waals surface area contributed by atoms with Crippen molar-refractivity contribution in [1.82, 2.24) is 20.9 Å². The third-order valence-corrected chi connectivity index (χ3v) is 6.15. The zero-order valence-corrected chi connectivity index (χ0v) is 20.6. The lowest BCUT2D eigenvalue weighted by atomic mass is 9.87. The molecule has 0 aliphatic carbocycles. The molecule has 2 unspecified atom stereocenters. The van der Waals surface area contributed by atoms with Gasteiger partial charge in [-0.25, -0.2) is 0 Å². The first kappa shape index (κ1) is 25.3. The topological polar surface area (TPSA) is 127 Å². The normalized spacial score (nSPS) is 17.8. The Morgan fingerprint density at radius 1 is 1.24 bits per heavy atom. The highest BCUT2D eigenvalue weighted by molar-refractivity contribution is 6.00. The first-order valence-corrected chi connectivity index (χ1v) is 11.9. The predicted molar refractivity (Wildman–Crippen MR) is 131 cm³/mol. The number of fused-ring (bicyclic) bond motifs is 1. The summed E-state index contributed by atoms with van der Waals surface area (Å²) in [7, 11) is 0. The number of rotatable bonds is 8. The summed E-state index contributed by atoms with van der Waals surface area (Å²) in [4.78, 5) is 41.4. The van der Waals surface area contributed by atoms with Crippen molar-refractivity contribution in [1.29, 1.82) is 5.26 Å². The van der Waals surface area contributed by atoms with Gasteiger partial charge in [0.2, 0.25) is 11.8 Å². The van der Waals surface area contributed by atoms with Crippen LogP contribution in [0.1, 0.15) is 75.9 Å². The maximum Gasteiger partial charge on any atom is 0.268 e. The molecule has 1 aromatic heterocycles. The van der Waals surface area contributed by atoms with Gasteiger partial charge in [0.1, 0.15) is 17.8 Å². The third kappa shape index (κ3) is 6.16. The van der Waals surface area contributed by atoms with Crippen molar-refractivity contribution >= 4 is 28.6 Å². The number of H-pyrrole nitrogens is 1. The van der Waals surface area contributed by atoms with E-state index >= 15 is 0 Å². The van der Waals surface area contributed by atoms with Crippen molar-refractivity contribution in [3.05, 3.63) is 35.5 Å². The van der Waals surface area contributed by atoms with Crippen LogP contribution in [0, 0.1) is 22.7 Å². The summed E-state index contributed by atoms with van der Waals surface area (Å²) in [6, 6.07) is 8.20. The number of carbonyl (C=O) groups is 3. The zero-order chi connectivity index (χ0) is 25.0. The number of benzene rings is 1. The number of hydrogen-bond donors (Lipinski definition) is 4. The molecule has 1 fully saturated rings. The van der Waals surface area contributed by atoms with Crippen LogP contribution in [0.4, 0.5) is 0 Å². The SMILES string of the molecule is CC(C)c1cccc2cc(C(=O)NC(CC(C)(C)C)C(=O)NC(C#N)C[C@@H]3CCNC3=O)[nH]c12. The number of amides is 3. The van der Waals surface area contributed by atoms with E-state index in [9.17, 15) is 19.6 Å². The number of nitrogens with one attached hydrogen (secondary N) is 4. The van der Waals surface area contributed by atoms with Gasteiger partial charge in [0.05, 0.1) is 6.07 Å². The zero-order valence-electron chi connectivity index (χ0n) is 20.6. The first-order valence-electron chi connectivity index (χ1n) is 11.9. The molecule has 3 rings (SSSR count). The maximum absolute atomic E-state index is 13.1. The molecule has 2 aromatic rings. The molecular weight excluding hydrogens is 430 g/mol. The second kappa shape index (κ2) is 10.3. The third-order valence-electron chi connectivity index (χ3n) is 6.15. The summed E-state index contributed by atoms with van der Waals surface area (Å²) in [5.41, 5.74) is 2.18. The number of nitriles is 1. The van der Waals surface area contributed by atoms with Crippen molar-refractivity contribution < 1.29 is 14.4 Å². The van der Waals surface area contributed by atoms with Gasteiger partial charge in [-0.3, -0.25) is 14.4 Å². The van der Waals surface area contributed by atoms with E-state index in [-0.39, 0.29) is 29.6 Å². The smallest absolute Gasteiger partial charge is 0.268 e. The maximum atomic E-state index is 13.1. The second-order valence-corrected chi connectivity index (χ2v) is 10.6. The van der Waals surface area contributed by atoms with Crippen molar-refractivity contribution in [2.45, 2.75) is 71.9 Å². The number of carbonyl (C=O) groups excluding carboxylic acids is 3. The van der Waals surface area contributed by atoms with Crippen molar-refractivity contribution in [3.63, 3.8) is 0 Å². The quantitative estimate of drug-likeness (QED) is 0.477. The lowest BCUT2D eigenvalue weighted by molar-refractivity contribution is -0.125. The Kier molecular flexibility index (Phi) is 7.65. The monoisotopic (exact) mass is 465 g/mol. The van der Waals surface area contributed by atoms with E-state index in [0.717, 1.165) is 16.5 Å². The molecule has 4 N–H and O–H groups in total. The number of aromatic nitrogens is 1. The van der Waals surface area contributed by atoms with Crippen LogP contribution in [0.15, 0.2) is 24.3 Å². The van der Waals surface area contributed by atoms with E-state index in [0.29, 0.717) is 31.0 Å². The van der Waals surface area contributed by atoms with Gasteiger partial charge in [0.15, 0.2) is 0 Å². The summed E-state index contributed by atoms with van der Waals surface area (Å²) in [5, 5.41) is 18.8. The molecule has 3 amide bonds. The van der Waals surface area contributed by atoms with Gasteiger partial charge < -0.3 is 20.9 Å². The Labute approximate surface area is 200 Å². The lowest BCUT2D eigenvalue weighted by Gasteiger charge is -2.27. The minimum Gasteiger partial charge on any atom is -0.356 e. The molecule has 1 saturated heterocycles. The fourth-order valence-corrected chi connectivity index (χ4v) is 4.41. The van der Waals surface area contributed by atoms with Gasteiger partial charge in [-0.2, -0.15) is 5.26 Å². The Morgan fingerprint density at radius 3 is 2.56 bits per heavy atom. The molecule has 2 heterocycles. The standard InChI is InChI=1S/C26H35N5O3/c1-15(2)19-8-6-7-16-12-20(30-22(16)19)24(33)31-21(13-26(3,4)5)25(34)29-18(14-27)11-17-9-10-28-23(17)32/h6-8,12,15,17-18,21,30H,9-11,13H2,1-5H3,(H,28,32)(H,29,34)(H,31,33)/t17-,18?,21?/m0/s1. The van der Waals surface area contributed by atoms with E-state index in [1.54, 1.807) is 6.07 Å². The molecule has 182 valence electrons. The Balaban J connectivity index is 1.76. The summed E-state index contributed by atoms with van der Waals surface area (Å²) in [5.74, 6) is -0.885. The van der Waals surface area contributed by atoms with Crippen LogP contribution in [0.25, 0.3) is 10.9 Å². The van der Waals surface area contributed by atoms with E-state index in [2.05, 4.69) is 40.9 Å². The van der Waals surface area contributed by atoms with Crippen molar-refractivity contribution in [2.24, 2.45) is 11.3 Å². The minimum absolute atomic E-state index is 0.0892. The molecule has 1 aliphatic rings. The van der Waals surface area contributed by atoms with Gasteiger partial charge in [-0.1, -0.05) is 52.8 Å². The molecule has 0 radical (unpaired) electrons. The van der Waals surface area contributed by atoms with Crippen LogP contribution in [0.3, 0.4) is 0 Å². The average molecular weight is 466 g/mol. The van der Waals surface area contributed by atoms with Crippen LogP contribution in [0.2, 0.25) is 0 Å². The molecule has 0 spiro atoms. The Hall–Kier alpha value is -3.34. The van der Waals surface area contributed by atoms with E-state index in [1.165, 1.54) is 0 Å². The molecule has 1 aliphatic heterocycles. The molecule has 1 aromatic carbocycles. The molecule has 8 heteroatoms. The van der Waals surface area contributed by atoms with Crippen molar-refractivity contribution in [3.8, 4) is 6.07 Å². The van der Waals surface area contributed by atoms with E-state index < -0.39 is 18.0 Å². The Bertz CT molecular complexity index is 1110. The molecule has 0 saturated carbocycles. The summed E-state index contributed by atoms with van der Waals surface area (Å²) in [6.07, 6.45) is 1.29. The predicted octanol–water partition coefficient (Wildman–Crippen LogP) is 3.36. The van der Waals surface area contributed by atoms with Gasteiger partial charge >= 0.3 is 0 Å². The van der Waals surface area contributed by atoms with Crippen molar-refractivity contribution in [2.75, 3.05) is 6.54 Å². The molecular formula is C26H35N5O3. The van der Waals surface area contributed by atoms with Gasteiger partial charge in [-0.15, -0.1) is 0 Å². The van der Waals surface area contributed by atoms with Crippen LogP contribution >= 0.6 is 0 Å². The van der Waals surface area contributed by atoms with Gasteiger partial charge in [0.25, 0.3) is 5.91 Å².